The molecule has 0 fully saturated rings. The molecular weight excluding hydrogens is 320 g/mol. The lowest BCUT2D eigenvalue weighted by Crippen LogP contribution is -2.45. The van der Waals surface area contributed by atoms with Crippen molar-refractivity contribution in [2.24, 2.45) is 0 Å². The largest absolute Gasteiger partial charge is 0.467 e. The van der Waals surface area contributed by atoms with Crippen molar-refractivity contribution < 1.29 is 14.3 Å². The van der Waals surface area contributed by atoms with Crippen LogP contribution in [0.3, 0.4) is 0 Å². The monoisotopic (exact) mass is 338 g/mol. The minimum absolute atomic E-state index is 0.251. The second kappa shape index (κ2) is 7.12. The normalized spacial score (nSPS) is 13.2. The van der Waals surface area contributed by atoms with E-state index in [0.717, 1.165) is 5.56 Å². The number of H-pyrrole nitrogens is 1. The molecule has 2 atom stereocenters. The highest BCUT2D eigenvalue weighted by Crippen LogP contribution is 2.21. The van der Waals surface area contributed by atoms with Crippen LogP contribution in [0.25, 0.3) is 11.0 Å². The number of fused-ring (bicyclic) bond motifs is 1. The standard InChI is InChI=1S/C18H18N4O3/c1-11(12-6-4-3-5-7-12)15(18(24)25-2)21-17(23)13-8-9-19-16-14(13)10-20-22-16/h3-11,15H,1-2H3,(H,21,23)(H,19,20,22). The van der Waals surface area contributed by atoms with Crippen molar-refractivity contribution in [3.05, 3.63) is 59.9 Å². The highest BCUT2D eigenvalue weighted by Gasteiger charge is 2.29. The van der Waals surface area contributed by atoms with Gasteiger partial charge >= 0.3 is 5.97 Å². The van der Waals surface area contributed by atoms with E-state index in [1.807, 2.05) is 37.3 Å². The predicted molar refractivity (Wildman–Crippen MR) is 92.0 cm³/mol. The van der Waals surface area contributed by atoms with Gasteiger partial charge in [0.2, 0.25) is 0 Å². The summed E-state index contributed by atoms with van der Waals surface area (Å²) in [5.41, 5.74) is 1.84. The Morgan fingerprint density at radius 3 is 2.68 bits per heavy atom. The van der Waals surface area contributed by atoms with E-state index >= 15 is 0 Å². The second-order valence-electron chi connectivity index (χ2n) is 5.66. The van der Waals surface area contributed by atoms with E-state index in [-0.39, 0.29) is 11.8 Å². The van der Waals surface area contributed by atoms with Crippen molar-refractivity contribution in [1.29, 1.82) is 0 Å². The lowest BCUT2D eigenvalue weighted by Gasteiger charge is -2.23. The molecule has 0 radical (unpaired) electrons. The first-order chi connectivity index (χ1) is 12.1. The summed E-state index contributed by atoms with van der Waals surface area (Å²) in [6, 6.07) is 10.3. The fourth-order valence-electron chi connectivity index (χ4n) is 2.73. The summed E-state index contributed by atoms with van der Waals surface area (Å²) in [7, 11) is 1.31. The summed E-state index contributed by atoms with van der Waals surface area (Å²) in [4.78, 5) is 29.1. The number of carbonyl (C=O) groups excluding carboxylic acids is 2. The molecule has 25 heavy (non-hydrogen) atoms. The molecule has 7 nitrogen and oxygen atoms in total. The number of methoxy groups -OCH3 is 1. The predicted octanol–water partition coefficient (Wildman–Crippen LogP) is 2.03. The van der Waals surface area contributed by atoms with Crippen LogP contribution in [0.5, 0.6) is 0 Å². The lowest BCUT2D eigenvalue weighted by atomic mass is 9.93. The van der Waals surface area contributed by atoms with E-state index in [0.29, 0.717) is 16.6 Å². The number of hydrogen-bond acceptors (Lipinski definition) is 5. The van der Waals surface area contributed by atoms with Crippen molar-refractivity contribution in [1.82, 2.24) is 20.5 Å². The minimum Gasteiger partial charge on any atom is -0.467 e. The van der Waals surface area contributed by atoms with E-state index in [1.165, 1.54) is 19.5 Å². The van der Waals surface area contributed by atoms with Crippen LogP contribution in [0.4, 0.5) is 0 Å². The number of esters is 1. The Morgan fingerprint density at radius 2 is 1.96 bits per heavy atom. The van der Waals surface area contributed by atoms with Crippen molar-refractivity contribution in [3.8, 4) is 0 Å². The van der Waals surface area contributed by atoms with Crippen LogP contribution in [0.15, 0.2) is 48.8 Å². The molecule has 3 aromatic rings. The van der Waals surface area contributed by atoms with Crippen molar-refractivity contribution in [2.45, 2.75) is 18.9 Å². The number of amides is 1. The Kier molecular flexibility index (Phi) is 4.74. The van der Waals surface area contributed by atoms with Crippen LogP contribution in [0.2, 0.25) is 0 Å². The Bertz CT molecular complexity index is 891. The zero-order valence-electron chi connectivity index (χ0n) is 13.9. The van der Waals surface area contributed by atoms with E-state index in [9.17, 15) is 9.59 Å². The molecule has 0 spiro atoms. The van der Waals surface area contributed by atoms with Crippen LogP contribution in [-0.2, 0) is 9.53 Å². The molecule has 0 saturated heterocycles. The first-order valence-corrected chi connectivity index (χ1v) is 7.83. The second-order valence-corrected chi connectivity index (χ2v) is 5.66. The van der Waals surface area contributed by atoms with E-state index in [1.54, 1.807) is 6.07 Å². The maximum Gasteiger partial charge on any atom is 0.328 e. The third-order valence-electron chi connectivity index (χ3n) is 4.17. The number of nitrogens with zero attached hydrogens (tertiary/aromatic N) is 2. The average Bonchev–Trinajstić information content (AvgIpc) is 3.14. The van der Waals surface area contributed by atoms with E-state index < -0.39 is 12.0 Å². The fraction of sp³-hybridized carbons (Fsp3) is 0.222. The maximum absolute atomic E-state index is 12.7. The van der Waals surface area contributed by atoms with Crippen molar-refractivity contribution in [2.75, 3.05) is 7.11 Å². The molecule has 2 unspecified atom stereocenters. The number of pyridine rings is 1. The first-order valence-electron chi connectivity index (χ1n) is 7.83. The van der Waals surface area contributed by atoms with Gasteiger partial charge in [-0.1, -0.05) is 37.3 Å². The van der Waals surface area contributed by atoms with Gasteiger partial charge in [0.15, 0.2) is 5.65 Å². The van der Waals surface area contributed by atoms with Crippen LogP contribution in [0.1, 0.15) is 28.8 Å². The number of ether oxygens (including phenoxy) is 1. The summed E-state index contributed by atoms with van der Waals surface area (Å²) < 4.78 is 4.88. The molecule has 0 aliphatic carbocycles. The van der Waals surface area contributed by atoms with Gasteiger partial charge in [0.25, 0.3) is 5.91 Å². The smallest absolute Gasteiger partial charge is 0.328 e. The van der Waals surface area contributed by atoms with E-state index in [2.05, 4.69) is 20.5 Å². The quantitative estimate of drug-likeness (QED) is 0.694. The Hall–Kier alpha value is -3.22. The van der Waals surface area contributed by atoms with Crippen molar-refractivity contribution in [3.63, 3.8) is 0 Å². The third-order valence-corrected chi connectivity index (χ3v) is 4.17. The van der Waals surface area contributed by atoms with Gasteiger partial charge in [-0.25, -0.2) is 9.78 Å². The van der Waals surface area contributed by atoms with Gasteiger partial charge < -0.3 is 10.1 Å². The van der Waals surface area contributed by atoms with Gasteiger partial charge in [0.1, 0.15) is 6.04 Å². The van der Waals surface area contributed by atoms with Crippen LogP contribution < -0.4 is 5.32 Å². The van der Waals surface area contributed by atoms with Crippen LogP contribution in [-0.4, -0.2) is 40.2 Å². The minimum atomic E-state index is -0.810. The third kappa shape index (κ3) is 3.35. The van der Waals surface area contributed by atoms with Gasteiger partial charge in [-0.05, 0) is 11.6 Å². The number of hydrogen-bond donors (Lipinski definition) is 2. The van der Waals surface area contributed by atoms with Gasteiger partial charge in [-0.15, -0.1) is 0 Å². The van der Waals surface area contributed by atoms with Gasteiger partial charge in [-0.3, -0.25) is 9.89 Å². The molecule has 0 aliphatic heterocycles. The van der Waals surface area contributed by atoms with Gasteiger partial charge in [-0.2, -0.15) is 5.10 Å². The molecule has 1 amide bonds. The van der Waals surface area contributed by atoms with Gasteiger partial charge in [0, 0.05) is 12.1 Å². The molecule has 2 N–H and O–H groups in total. The van der Waals surface area contributed by atoms with Crippen molar-refractivity contribution >= 4 is 22.9 Å². The highest BCUT2D eigenvalue weighted by atomic mass is 16.5. The number of rotatable bonds is 5. The number of carbonyl (C=O) groups is 2. The topological polar surface area (TPSA) is 97.0 Å². The molecule has 2 aromatic heterocycles. The molecule has 3 rings (SSSR count). The molecule has 2 heterocycles. The molecule has 0 aliphatic rings. The van der Waals surface area contributed by atoms with E-state index in [4.69, 9.17) is 4.74 Å². The molecule has 7 heteroatoms. The van der Waals surface area contributed by atoms with Crippen LogP contribution >= 0.6 is 0 Å². The number of aromatic amines is 1. The molecule has 0 saturated carbocycles. The summed E-state index contributed by atoms with van der Waals surface area (Å²) in [5.74, 6) is -1.13. The lowest BCUT2D eigenvalue weighted by molar-refractivity contribution is -0.143. The Morgan fingerprint density at radius 1 is 1.20 bits per heavy atom. The number of aromatic nitrogens is 3. The highest BCUT2D eigenvalue weighted by molar-refractivity contribution is 6.06. The fourth-order valence-corrected chi connectivity index (χ4v) is 2.73. The SMILES string of the molecule is COC(=O)C(NC(=O)c1ccnc2[nH]ncc12)C(C)c1ccccc1. The van der Waals surface area contributed by atoms with Crippen LogP contribution in [0, 0.1) is 0 Å². The summed E-state index contributed by atoms with van der Waals surface area (Å²) >= 11 is 0. The molecule has 128 valence electrons. The molecular formula is C18H18N4O3. The number of benzene rings is 1. The van der Waals surface area contributed by atoms with Gasteiger partial charge in [0.05, 0.1) is 24.3 Å². The zero-order chi connectivity index (χ0) is 17.8. The summed E-state index contributed by atoms with van der Waals surface area (Å²) in [6.45, 7) is 1.87. The Labute approximate surface area is 144 Å². The maximum atomic E-state index is 12.7. The molecule has 1 aromatic carbocycles. The Balaban J connectivity index is 1.89. The zero-order valence-corrected chi connectivity index (χ0v) is 13.9. The molecule has 0 bridgehead atoms. The first kappa shape index (κ1) is 16.6. The summed E-state index contributed by atoms with van der Waals surface area (Å²) in [5, 5.41) is 9.99. The average molecular weight is 338 g/mol. The summed E-state index contributed by atoms with van der Waals surface area (Å²) in [6.07, 6.45) is 3.05. The number of nitrogens with one attached hydrogen (secondary N) is 2.